The highest BCUT2D eigenvalue weighted by molar-refractivity contribution is 7.90. The van der Waals surface area contributed by atoms with Crippen LogP contribution in [0.1, 0.15) is 31.2 Å². The van der Waals surface area contributed by atoms with Crippen molar-refractivity contribution in [3.05, 3.63) is 29.8 Å². The summed E-state index contributed by atoms with van der Waals surface area (Å²) in [5.41, 5.74) is 0.601. The molecule has 0 radical (unpaired) electrons. The second-order valence-corrected chi connectivity index (χ2v) is 8.77. The van der Waals surface area contributed by atoms with Crippen LogP contribution in [0, 0.1) is 5.92 Å². The number of amidine groups is 1. The molecule has 140 valence electrons. The van der Waals surface area contributed by atoms with E-state index >= 15 is 0 Å². The Labute approximate surface area is 153 Å². The predicted octanol–water partition coefficient (Wildman–Crippen LogP) is 0.716. The van der Waals surface area contributed by atoms with Gasteiger partial charge in [-0.2, -0.15) is 8.42 Å². The molecule has 0 saturated carbocycles. The quantitative estimate of drug-likeness (QED) is 0.811. The summed E-state index contributed by atoms with van der Waals surface area (Å²) < 4.78 is 28.6. The van der Waals surface area contributed by atoms with Gasteiger partial charge in [0.05, 0.1) is 0 Å². The number of rotatable bonds is 3. The SMILES string of the molecule is O=C(NCC1CCCNC1)C1CCCN1C1=NS(=O)(=O)c2ccccc21. The molecule has 8 heteroatoms. The van der Waals surface area contributed by atoms with Crippen molar-refractivity contribution in [1.29, 1.82) is 0 Å². The highest BCUT2D eigenvalue weighted by Gasteiger charge is 2.39. The Balaban J connectivity index is 1.49. The van der Waals surface area contributed by atoms with E-state index in [4.69, 9.17) is 0 Å². The van der Waals surface area contributed by atoms with E-state index in [1.165, 1.54) is 0 Å². The number of sulfonamides is 1. The van der Waals surface area contributed by atoms with Crippen LogP contribution < -0.4 is 10.6 Å². The van der Waals surface area contributed by atoms with Crippen LogP contribution in [0.4, 0.5) is 0 Å². The molecular formula is C18H24N4O3S. The van der Waals surface area contributed by atoms with Crippen LogP contribution in [0.2, 0.25) is 0 Å². The summed E-state index contributed by atoms with van der Waals surface area (Å²) in [6.45, 7) is 3.30. The van der Waals surface area contributed by atoms with Crippen LogP contribution in [0.15, 0.2) is 33.6 Å². The standard InChI is InChI=1S/C18H24N4O3S/c23-18(20-12-13-5-3-9-19-11-13)15-7-4-10-22(15)17-14-6-1-2-8-16(14)26(24,25)21-17/h1-2,6,8,13,15,19H,3-5,7,9-12H2,(H,20,23). The fourth-order valence-electron chi connectivity index (χ4n) is 4.05. The van der Waals surface area contributed by atoms with E-state index < -0.39 is 10.0 Å². The predicted molar refractivity (Wildman–Crippen MR) is 98.5 cm³/mol. The summed E-state index contributed by atoms with van der Waals surface area (Å²) in [5, 5.41) is 6.42. The molecule has 4 rings (SSSR count). The van der Waals surface area contributed by atoms with Gasteiger partial charge in [0.1, 0.15) is 10.9 Å². The fraction of sp³-hybridized carbons (Fsp3) is 0.556. The lowest BCUT2D eigenvalue weighted by Crippen LogP contribution is -2.48. The number of amides is 1. The maximum absolute atomic E-state index is 12.8. The van der Waals surface area contributed by atoms with E-state index in [9.17, 15) is 13.2 Å². The Morgan fingerprint density at radius 3 is 2.92 bits per heavy atom. The summed E-state index contributed by atoms with van der Waals surface area (Å²) in [4.78, 5) is 14.8. The average molecular weight is 376 g/mol. The van der Waals surface area contributed by atoms with Crippen molar-refractivity contribution >= 4 is 21.8 Å². The number of carbonyl (C=O) groups excluding carboxylic acids is 1. The minimum absolute atomic E-state index is 0.0300. The molecule has 0 aromatic heterocycles. The first-order valence-corrected chi connectivity index (χ1v) is 10.7. The summed E-state index contributed by atoms with van der Waals surface area (Å²) in [7, 11) is -3.66. The second kappa shape index (κ2) is 7.00. The molecule has 1 aromatic rings. The zero-order chi connectivity index (χ0) is 18.1. The Hall–Kier alpha value is -1.93. The number of nitrogens with one attached hydrogen (secondary N) is 2. The van der Waals surface area contributed by atoms with E-state index in [0.29, 0.717) is 30.4 Å². The van der Waals surface area contributed by atoms with Crippen LogP contribution in [-0.2, 0) is 14.8 Å². The molecule has 26 heavy (non-hydrogen) atoms. The van der Waals surface area contributed by atoms with Crippen molar-refractivity contribution in [2.75, 3.05) is 26.2 Å². The van der Waals surface area contributed by atoms with Gasteiger partial charge < -0.3 is 15.5 Å². The summed E-state index contributed by atoms with van der Waals surface area (Å²) in [6, 6.07) is 6.48. The zero-order valence-electron chi connectivity index (χ0n) is 14.6. The van der Waals surface area contributed by atoms with Gasteiger partial charge in [-0.25, -0.2) is 0 Å². The van der Waals surface area contributed by atoms with Gasteiger partial charge in [0.25, 0.3) is 10.0 Å². The van der Waals surface area contributed by atoms with Gasteiger partial charge in [0.15, 0.2) is 5.84 Å². The van der Waals surface area contributed by atoms with Gasteiger partial charge >= 0.3 is 0 Å². The molecular weight excluding hydrogens is 352 g/mol. The smallest absolute Gasteiger partial charge is 0.285 e. The number of benzene rings is 1. The molecule has 2 saturated heterocycles. The number of piperidine rings is 1. The van der Waals surface area contributed by atoms with Crippen LogP contribution in [0.3, 0.4) is 0 Å². The third kappa shape index (κ3) is 3.23. The van der Waals surface area contributed by atoms with E-state index in [-0.39, 0.29) is 16.8 Å². The number of likely N-dealkylation sites (tertiary alicyclic amines) is 1. The maximum Gasteiger partial charge on any atom is 0.285 e. The fourth-order valence-corrected chi connectivity index (χ4v) is 5.27. The summed E-state index contributed by atoms with van der Waals surface area (Å²) in [5.74, 6) is 0.850. The van der Waals surface area contributed by atoms with Gasteiger partial charge in [0.2, 0.25) is 5.91 Å². The van der Waals surface area contributed by atoms with E-state index in [2.05, 4.69) is 15.0 Å². The first-order chi connectivity index (χ1) is 12.6. The lowest BCUT2D eigenvalue weighted by molar-refractivity contribution is -0.124. The van der Waals surface area contributed by atoms with Crippen molar-refractivity contribution in [1.82, 2.24) is 15.5 Å². The molecule has 3 aliphatic rings. The molecule has 7 nitrogen and oxygen atoms in total. The third-order valence-electron chi connectivity index (χ3n) is 5.40. The maximum atomic E-state index is 12.8. The topological polar surface area (TPSA) is 90.9 Å². The molecule has 2 N–H and O–H groups in total. The highest BCUT2D eigenvalue weighted by Crippen LogP contribution is 2.31. The Morgan fingerprint density at radius 2 is 2.12 bits per heavy atom. The normalized spacial score (nSPS) is 27.1. The van der Waals surface area contributed by atoms with Crippen molar-refractivity contribution in [3.8, 4) is 0 Å². The lowest BCUT2D eigenvalue weighted by Gasteiger charge is -2.27. The third-order valence-corrected chi connectivity index (χ3v) is 6.73. The molecule has 2 atom stereocenters. The molecule has 0 spiro atoms. The Morgan fingerprint density at radius 1 is 1.27 bits per heavy atom. The van der Waals surface area contributed by atoms with E-state index in [1.807, 2.05) is 4.90 Å². The molecule has 3 heterocycles. The molecule has 0 bridgehead atoms. The van der Waals surface area contributed by atoms with E-state index in [0.717, 1.165) is 38.8 Å². The van der Waals surface area contributed by atoms with Gasteiger partial charge in [-0.05, 0) is 56.8 Å². The minimum Gasteiger partial charge on any atom is -0.354 e. The van der Waals surface area contributed by atoms with Crippen molar-refractivity contribution in [2.45, 2.75) is 36.6 Å². The average Bonchev–Trinajstić information content (AvgIpc) is 3.24. The first kappa shape index (κ1) is 17.5. The number of nitrogens with zero attached hydrogens (tertiary/aromatic N) is 2. The first-order valence-electron chi connectivity index (χ1n) is 9.26. The summed E-state index contributed by atoms with van der Waals surface area (Å²) >= 11 is 0. The monoisotopic (exact) mass is 376 g/mol. The Kier molecular flexibility index (Phi) is 4.71. The minimum atomic E-state index is -3.66. The highest BCUT2D eigenvalue weighted by atomic mass is 32.2. The van der Waals surface area contributed by atoms with Crippen molar-refractivity contribution in [2.24, 2.45) is 10.3 Å². The van der Waals surface area contributed by atoms with Gasteiger partial charge in [-0.15, -0.1) is 4.40 Å². The van der Waals surface area contributed by atoms with Crippen LogP contribution in [0.25, 0.3) is 0 Å². The van der Waals surface area contributed by atoms with Crippen LogP contribution >= 0.6 is 0 Å². The largest absolute Gasteiger partial charge is 0.354 e. The number of fused-ring (bicyclic) bond motifs is 1. The number of carbonyl (C=O) groups is 1. The lowest BCUT2D eigenvalue weighted by atomic mass is 9.99. The molecule has 0 aliphatic carbocycles. The number of hydrogen-bond acceptors (Lipinski definition) is 5. The van der Waals surface area contributed by atoms with Gasteiger partial charge in [0, 0.05) is 18.7 Å². The van der Waals surface area contributed by atoms with Gasteiger partial charge in [-0.1, -0.05) is 12.1 Å². The number of hydrogen-bond donors (Lipinski definition) is 2. The van der Waals surface area contributed by atoms with Gasteiger partial charge in [-0.3, -0.25) is 4.79 Å². The second-order valence-electron chi connectivity index (χ2n) is 7.20. The van der Waals surface area contributed by atoms with E-state index in [1.54, 1.807) is 24.3 Å². The molecule has 1 aromatic carbocycles. The van der Waals surface area contributed by atoms with Crippen LogP contribution in [-0.4, -0.2) is 57.3 Å². The molecule has 2 unspecified atom stereocenters. The molecule has 2 fully saturated rings. The van der Waals surface area contributed by atoms with Crippen molar-refractivity contribution in [3.63, 3.8) is 0 Å². The van der Waals surface area contributed by atoms with Crippen LogP contribution in [0.5, 0.6) is 0 Å². The molecule has 3 aliphatic heterocycles. The molecule has 1 amide bonds. The Bertz CT molecular complexity index is 831. The van der Waals surface area contributed by atoms with Crippen molar-refractivity contribution < 1.29 is 13.2 Å². The summed E-state index contributed by atoms with van der Waals surface area (Å²) in [6.07, 6.45) is 3.84. The zero-order valence-corrected chi connectivity index (χ0v) is 15.5.